The van der Waals surface area contributed by atoms with Crippen molar-refractivity contribution in [2.75, 3.05) is 24.6 Å². The molecule has 8 rings (SSSR count). The number of hydrogen-bond donors (Lipinski definition) is 0. The topological polar surface area (TPSA) is 0 Å². The van der Waals surface area contributed by atoms with Crippen molar-refractivity contribution >= 4 is 74.1 Å². The minimum absolute atomic E-state index is 0.366. The van der Waals surface area contributed by atoms with Crippen molar-refractivity contribution in [3.8, 4) is 0 Å². The van der Waals surface area contributed by atoms with Crippen LogP contribution in [0.1, 0.15) is 102 Å². The largest absolute Gasteiger partial charge is 0.0620 e. The highest BCUT2D eigenvalue weighted by atomic mass is 31.1. The van der Waals surface area contributed by atoms with E-state index in [4.69, 9.17) is 0 Å². The first-order chi connectivity index (χ1) is 35.3. The van der Waals surface area contributed by atoms with E-state index in [-0.39, 0.29) is 15.8 Å². The highest BCUT2D eigenvalue weighted by Crippen LogP contribution is 2.45. The van der Waals surface area contributed by atoms with Gasteiger partial charge in [-0.2, -0.15) is 0 Å². The van der Waals surface area contributed by atoms with Crippen molar-refractivity contribution < 1.29 is 0 Å². The van der Waals surface area contributed by atoms with Gasteiger partial charge in [0.2, 0.25) is 0 Å². The molecule has 0 amide bonds. The Morgan fingerprint density at radius 1 is 0.216 bits per heavy atom. The Morgan fingerprint density at radius 2 is 0.392 bits per heavy atom. The molecule has 0 atom stereocenters. The predicted octanol–water partition coefficient (Wildman–Crippen LogP) is 16.2. The van der Waals surface area contributed by atoms with E-state index in [0.29, 0.717) is 0 Å². The van der Waals surface area contributed by atoms with Crippen LogP contribution in [0.5, 0.6) is 0 Å². The Bertz CT molecular complexity index is 2720. The lowest BCUT2D eigenvalue weighted by Gasteiger charge is -2.29. The molecular weight excluding hydrogens is 965 g/mol. The third-order valence-corrected chi connectivity index (χ3v) is 27.1. The molecule has 0 aromatic heterocycles. The number of rotatable bonds is 16. The second kappa shape index (κ2) is 26.0. The Labute approximate surface area is 454 Å². The molecular formula is C70H84P4. The zero-order valence-electron chi connectivity index (χ0n) is 47.9. The van der Waals surface area contributed by atoms with Crippen LogP contribution < -0.4 is 42.4 Å². The second-order valence-electron chi connectivity index (χ2n) is 21.4. The summed E-state index contributed by atoms with van der Waals surface area (Å²) in [5, 5.41) is 12.6. The standard InChI is InChI=1S/C39H50P2.C31H34P2/c1-24-16-28(5)36(29(6)17-24)40(37-30(7)18-25(2)19-31(37)8)14-13-15-41(38-32(9)20-26(3)21-33(38)10)39-34(11)22-27(4)23-35(39)12;1-24-14-5-9-18-28(24)32(29-19-10-6-15-25(29)2)22-13-23-33(30-20-11-7-16-26(30)3)31-21-12-8-17-27(31)4/h16-23H,13-15H2,1-12H3;5-12,14-21H,13,22-23H2,1-4H3. The minimum atomic E-state index is -0.458. The predicted molar refractivity (Wildman–Crippen MR) is 341 cm³/mol. The van der Waals surface area contributed by atoms with Gasteiger partial charge in [0.05, 0.1) is 0 Å². The molecule has 0 saturated heterocycles. The first kappa shape index (κ1) is 57.2. The van der Waals surface area contributed by atoms with E-state index in [0.717, 1.165) is 0 Å². The maximum atomic E-state index is 2.40. The van der Waals surface area contributed by atoms with E-state index >= 15 is 0 Å². The van der Waals surface area contributed by atoms with Gasteiger partial charge in [-0.25, -0.2) is 0 Å². The molecule has 0 aliphatic heterocycles. The molecule has 0 radical (unpaired) electrons. The summed E-state index contributed by atoms with van der Waals surface area (Å²) in [7, 11) is -1.65. The zero-order valence-corrected chi connectivity index (χ0v) is 51.5. The summed E-state index contributed by atoms with van der Waals surface area (Å²) in [4.78, 5) is 0. The average molecular weight is 1050 g/mol. The van der Waals surface area contributed by atoms with Gasteiger partial charge in [0.1, 0.15) is 0 Å². The maximum Gasteiger partial charge on any atom is -0.0137 e. The van der Waals surface area contributed by atoms with E-state index in [1.807, 2.05) is 0 Å². The van der Waals surface area contributed by atoms with Crippen LogP contribution in [0.2, 0.25) is 0 Å². The van der Waals surface area contributed by atoms with Gasteiger partial charge in [-0.1, -0.05) is 168 Å². The van der Waals surface area contributed by atoms with Gasteiger partial charge in [0.15, 0.2) is 0 Å². The van der Waals surface area contributed by atoms with Gasteiger partial charge in [-0.05, 0) is 289 Å². The summed E-state index contributed by atoms with van der Waals surface area (Å²) < 4.78 is 0. The molecule has 0 aliphatic carbocycles. The Balaban J connectivity index is 0.000000221. The molecule has 0 saturated carbocycles. The Morgan fingerprint density at radius 3 is 0.581 bits per heavy atom. The van der Waals surface area contributed by atoms with E-state index in [2.05, 4.69) is 256 Å². The highest BCUT2D eigenvalue weighted by molar-refractivity contribution is 7.75. The van der Waals surface area contributed by atoms with E-state index in [9.17, 15) is 0 Å². The lowest BCUT2D eigenvalue weighted by molar-refractivity contribution is 1.11. The van der Waals surface area contributed by atoms with Crippen LogP contribution in [0.15, 0.2) is 146 Å². The van der Waals surface area contributed by atoms with Crippen LogP contribution >= 0.6 is 31.7 Å². The van der Waals surface area contributed by atoms with Crippen molar-refractivity contribution in [3.63, 3.8) is 0 Å². The molecule has 8 aromatic rings. The molecule has 74 heavy (non-hydrogen) atoms. The Kier molecular flexibility index (Phi) is 20.1. The maximum absolute atomic E-state index is 2.40. The fraction of sp³-hybridized carbons (Fsp3) is 0.314. The molecule has 0 spiro atoms. The summed E-state index contributed by atoms with van der Waals surface area (Å²) in [6.45, 7) is 36.8. The first-order valence-electron chi connectivity index (χ1n) is 27.0. The van der Waals surface area contributed by atoms with Gasteiger partial charge in [-0.15, -0.1) is 0 Å². The summed E-state index contributed by atoms with van der Waals surface area (Å²) in [6.07, 6.45) is 7.41. The fourth-order valence-corrected chi connectivity index (χ4v) is 24.3. The van der Waals surface area contributed by atoms with Crippen LogP contribution in [0.3, 0.4) is 0 Å². The van der Waals surface area contributed by atoms with Gasteiger partial charge in [0.25, 0.3) is 0 Å². The van der Waals surface area contributed by atoms with Gasteiger partial charge >= 0.3 is 0 Å². The quantitative estimate of drug-likeness (QED) is 0.0846. The first-order valence-corrected chi connectivity index (χ1v) is 33.1. The van der Waals surface area contributed by atoms with Crippen molar-refractivity contribution in [3.05, 3.63) is 235 Å². The molecule has 0 fully saturated rings. The molecule has 4 heteroatoms. The SMILES string of the molecule is Cc1cc(C)c(P(CCCP(c2c(C)cc(C)cc2C)c2c(C)cc(C)cc2C)c2c(C)cc(C)cc2C)c(C)c1.Cc1ccccc1P(CCCP(c1ccccc1C)c1ccccc1C)c1ccccc1C. The normalized spacial score (nSPS) is 11.5. The molecule has 0 aliphatic rings. The summed E-state index contributed by atoms with van der Waals surface area (Å²) in [5.41, 5.74) is 22.9. The zero-order chi connectivity index (χ0) is 53.4. The summed E-state index contributed by atoms with van der Waals surface area (Å²) in [6, 6.07) is 55.3. The molecule has 0 unspecified atom stereocenters. The van der Waals surface area contributed by atoms with Gasteiger partial charge < -0.3 is 0 Å². The number of benzene rings is 8. The third-order valence-electron chi connectivity index (χ3n) is 14.8. The lowest BCUT2D eigenvalue weighted by atomic mass is 10.1. The van der Waals surface area contributed by atoms with Crippen LogP contribution in [-0.2, 0) is 0 Å². The lowest BCUT2D eigenvalue weighted by Crippen LogP contribution is -2.26. The van der Waals surface area contributed by atoms with E-state index < -0.39 is 15.8 Å². The van der Waals surface area contributed by atoms with Crippen molar-refractivity contribution in [2.24, 2.45) is 0 Å². The minimum Gasteiger partial charge on any atom is -0.0620 e. The van der Waals surface area contributed by atoms with Crippen molar-refractivity contribution in [2.45, 2.75) is 124 Å². The van der Waals surface area contributed by atoms with Crippen molar-refractivity contribution in [1.82, 2.24) is 0 Å². The van der Waals surface area contributed by atoms with Gasteiger partial charge in [-0.3, -0.25) is 0 Å². The van der Waals surface area contributed by atoms with Crippen LogP contribution in [0.25, 0.3) is 0 Å². The van der Waals surface area contributed by atoms with Crippen molar-refractivity contribution in [1.29, 1.82) is 0 Å². The van der Waals surface area contributed by atoms with E-state index in [1.165, 1.54) is 148 Å². The summed E-state index contributed by atoms with van der Waals surface area (Å²) >= 11 is 0. The Hall–Kier alpha value is -4.52. The van der Waals surface area contributed by atoms with Crippen LogP contribution in [0, 0.1) is 111 Å². The van der Waals surface area contributed by atoms with Crippen LogP contribution in [-0.4, -0.2) is 24.6 Å². The third kappa shape index (κ3) is 13.7. The molecule has 384 valence electrons. The number of aryl methyl sites for hydroxylation is 16. The summed E-state index contributed by atoms with van der Waals surface area (Å²) in [5.74, 6) is 0. The molecule has 0 heterocycles. The van der Waals surface area contributed by atoms with E-state index in [1.54, 1.807) is 21.2 Å². The smallest absolute Gasteiger partial charge is 0.0137 e. The monoisotopic (exact) mass is 1050 g/mol. The average Bonchev–Trinajstić information content (AvgIpc) is 3.32. The highest BCUT2D eigenvalue weighted by Gasteiger charge is 2.27. The molecule has 0 nitrogen and oxygen atoms in total. The molecule has 8 aromatic carbocycles. The fourth-order valence-electron chi connectivity index (χ4n) is 12.0. The second-order valence-corrected chi connectivity index (χ2v) is 30.4. The number of hydrogen-bond acceptors (Lipinski definition) is 0. The molecule has 0 N–H and O–H groups in total. The van der Waals surface area contributed by atoms with Crippen LogP contribution in [0.4, 0.5) is 0 Å². The molecule has 0 bridgehead atoms. The van der Waals surface area contributed by atoms with Gasteiger partial charge in [0, 0.05) is 0 Å².